The van der Waals surface area contributed by atoms with Gasteiger partial charge in [-0.3, -0.25) is 4.99 Å². The van der Waals surface area contributed by atoms with Crippen LogP contribution >= 0.6 is 24.0 Å². The maximum absolute atomic E-state index is 5.63. The minimum atomic E-state index is -0.00242. The van der Waals surface area contributed by atoms with Crippen LogP contribution in [-0.4, -0.2) is 45.8 Å². The van der Waals surface area contributed by atoms with Gasteiger partial charge in [-0.05, 0) is 31.0 Å². The second-order valence-electron chi connectivity index (χ2n) is 7.00. The number of anilines is 1. The fourth-order valence-corrected chi connectivity index (χ4v) is 3.45. The molecular weight excluding hydrogens is 463 g/mol. The third kappa shape index (κ3) is 6.10. The third-order valence-corrected chi connectivity index (χ3v) is 5.06. The summed E-state index contributed by atoms with van der Waals surface area (Å²) in [5.41, 5.74) is 3.74. The van der Waals surface area contributed by atoms with Crippen molar-refractivity contribution in [2.24, 2.45) is 4.99 Å². The molecule has 0 aromatic heterocycles. The number of aryl methyl sites for hydroxylation is 1. The summed E-state index contributed by atoms with van der Waals surface area (Å²) >= 11 is 0. The maximum Gasteiger partial charge on any atom is 0.191 e. The first-order valence-electron chi connectivity index (χ1n) is 9.56. The molecule has 2 atom stereocenters. The summed E-state index contributed by atoms with van der Waals surface area (Å²) in [5, 5.41) is 6.95. The van der Waals surface area contributed by atoms with Crippen molar-refractivity contribution >= 4 is 35.6 Å². The van der Waals surface area contributed by atoms with Crippen LogP contribution in [0.2, 0.25) is 0 Å². The summed E-state index contributed by atoms with van der Waals surface area (Å²) in [6.07, 6.45) is 1.10. The zero-order chi connectivity index (χ0) is 19.1. The third-order valence-electron chi connectivity index (χ3n) is 5.06. The Bertz CT molecular complexity index is 736. The van der Waals surface area contributed by atoms with Gasteiger partial charge in [-0.25, -0.2) is 0 Å². The van der Waals surface area contributed by atoms with Gasteiger partial charge in [-0.15, -0.1) is 24.0 Å². The van der Waals surface area contributed by atoms with Crippen LogP contribution in [-0.2, 0) is 4.74 Å². The van der Waals surface area contributed by atoms with Gasteiger partial charge in [0.25, 0.3) is 0 Å². The van der Waals surface area contributed by atoms with Crippen LogP contribution in [0.25, 0.3) is 0 Å². The molecular formula is C22H31IN4O. The first kappa shape index (κ1) is 22.5. The number of guanidine groups is 1. The number of aliphatic imine (C=N–C) groups is 1. The highest BCUT2D eigenvalue weighted by Gasteiger charge is 2.23. The van der Waals surface area contributed by atoms with E-state index in [0.717, 1.165) is 31.0 Å². The minimum Gasteiger partial charge on any atom is -0.375 e. The largest absolute Gasteiger partial charge is 0.375 e. The van der Waals surface area contributed by atoms with Crippen molar-refractivity contribution < 1.29 is 4.74 Å². The van der Waals surface area contributed by atoms with Crippen LogP contribution in [0.15, 0.2) is 59.6 Å². The van der Waals surface area contributed by atoms with Crippen molar-refractivity contribution in [2.45, 2.75) is 25.5 Å². The summed E-state index contributed by atoms with van der Waals surface area (Å²) in [4.78, 5) is 6.80. The van der Waals surface area contributed by atoms with Gasteiger partial charge >= 0.3 is 0 Å². The highest BCUT2D eigenvalue weighted by Crippen LogP contribution is 2.21. The van der Waals surface area contributed by atoms with Gasteiger partial charge in [-0.2, -0.15) is 0 Å². The summed E-state index contributed by atoms with van der Waals surface area (Å²) in [7, 11) is 3.55. The van der Waals surface area contributed by atoms with Gasteiger partial charge in [0.2, 0.25) is 0 Å². The molecule has 0 saturated carbocycles. The Balaban J connectivity index is 0.00000280. The van der Waals surface area contributed by atoms with Crippen LogP contribution < -0.4 is 15.5 Å². The topological polar surface area (TPSA) is 48.9 Å². The zero-order valence-corrected chi connectivity index (χ0v) is 19.2. The van der Waals surface area contributed by atoms with Gasteiger partial charge in [0.05, 0.1) is 6.10 Å². The molecule has 2 unspecified atom stereocenters. The number of halogens is 1. The molecule has 0 spiro atoms. The standard InChI is InChI=1S/C22H30N4O.HI/c1-17-9-11-20(12-10-17)26-14-13-19(16-26)25-22(23-2)24-15-21(27-3)18-7-5-4-6-8-18;/h4-12,19,21H,13-16H2,1-3H3,(H2,23,24,25);1H. The van der Waals surface area contributed by atoms with E-state index in [2.05, 4.69) is 63.8 Å². The van der Waals surface area contributed by atoms with E-state index in [1.54, 1.807) is 7.11 Å². The molecule has 1 aliphatic rings. The molecule has 0 bridgehead atoms. The van der Waals surface area contributed by atoms with Crippen LogP contribution in [0.3, 0.4) is 0 Å². The lowest BCUT2D eigenvalue weighted by Gasteiger charge is -2.22. The van der Waals surface area contributed by atoms with Crippen molar-refractivity contribution in [1.82, 2.24) is 10.6 Å². The van der Waals surface area contributed by atoms with E-state index in [0.29, 0.717) is 12.6 Å². The zero-order valence-electron chi connectivity index (χ0n) is 16.9. The second kappa shape index (κ2) is 11.3. The fraction of sp³-hybridized carbons (Fsp3) is 0.409. The average Bonchev–Trinajstić information content (AvgIpc) is 3.17. The predicted octanol–water partition coefficient (Wildman–Crippen LogP) is 3.74. The summed E-state index contributed by atoms with van der Waals surface area (Å²) in [5.74, 6) is 0.823. The molecule has 0 amide bonds. The lowest BCUT2D eigenvalue weighted by Crippen LogP contribution is -2.45. The number of nitrogens with one attached hydrogen (secondary N) is 2. The molecule has 0 aliphatic carbocycles. The van der Waals surface area contributed by atoms with Crippen molar-refractivity contribution in [3.05, 3.63) is 65.7 Å². The predicted molar refractivity (Wildman–Crippen MR) is 128 cm³/mol. The van der Waals surface area contributed by atoms with E-state index in [1.165, 1.54) is 11.3 Å². The Labute approximate surface area is 185 Å². The lowest BCUT2D eigenvalue weighted by molar-refractivity contribution is 0.106. The highest BCUT2D eigenvalue weighted by molar-refractivity contribution is 14.0. The molecule has 2 N–H and O–H groups in total. The Morgan fingerprint density at radius 2 is 1.89 bits per heavy atom. The van der Waals surface area contributed by atoms with E-state index in [1.807, 2.05) is 25.2 Å². The Kier molecular flexibility index (Phi) is 9.05. The van der Waals surface area contributed by atoms with Crippen molar-refractivity contribution in [3.8, 4) is 0 Å². The van der Waals surface area contributed by atoms with Crippen LogP contribution in [0.1, 0.15) is 23.7 Å². The molecule has 5 nitrogen and oxygen atoms in total. The molecule has 1 fully saturated rings. The van der Waals surface area contributed by atoms with E-state index < -0.39 is 0 Å². The molecule has 1 aliphatic heterocycles. The number of methoxy groups -OCH3 is 1. The normalized spacial score (nSPS) is 17.8. The summed E-state index contributed by atoms with van der Waals surface area (Å²) < 4.78 is 5.63. The van der Waals surface area contributed by atoms with E-state index >= 15 is 0 Å². The van der Waals surface area contributed by atoms with Gasteiger partial charge in [-0.1, -0.05) is 48.0 Å². The molecule has 3 rings (SSSR count). The smallest absolute Gasteiger partial charge is 0.191 e. The second-order valence-corrected chi connectivity index (χ2v) is 7.00. The maximum atomic E-state index is 5.63. The van der Waals surface area contributed by atoms with E-state index in [9.17, 15) is 0 Å². The first-order chi connectivity index (χ1) is 13.2. The van der Waals surface area contributed by atoms with Gasteiger partial charge < -0.3 is 20.3 Å². The van der Waals surface area contributed by atoms with Gasteiger partial charge in [0.15, 0.2) is 5.96 Å². The van der Waals surface area contributed by atoms with Crippen LogP contribution in [0, 0.1) is 6.92 Å². The monoisotopic (exact) mass is 494 g/mol. The number of nitrogens with zero attached hydrogens (tertiary/aromatic N) is 2. The number of ether oxygens (including phenoxy) is 1. The number of rotatable bonds is 6. The fourth-order valence-electron chi connectivity index (χ4n) is 3.45. The Hall–Kier alpha value is -1.80. The highest BCUT2D eigenvalue weighted by atomic mass is 127. The van der Waals surface area contributed by atoms with Crippen molar-refractivity contribution in [2.75, 3.05) is 38.7 Å². The summed E-state index contributed by atoms with van der Waals surface area (Å²) in [6.45, 7) is 4.84. The quantitative estimate of drug-likeness (QED) is 0.365. The molecule has 28 heavy (non-hydrogen) atoms. The Morgan fingerprint density at radius 3 is 2.54 bits per heavy atom. The van der Waals surface area contributed by atoms with Gasteiger partial charge in [0.1, 0.15) is 0 Å². The summed E-state index contributed by atoms with van der Waals surface area (Å²) in [6, 6.07) is 19.4. The van der Waals surface area contributed by atoms with Gasteiger partial charge in [0, 0.05) is 45.5 Å². The molecule has 6 heteroatoms. The first-order valence-corrected chi connectivity index (χ1v) is 9.56. The SMILES string of the molecule is CN=C(NCC(OC)c1ccccc1)NC1CCN(c2ccc(C)cc2)C1.I. The average molecular weight is 494 g/mol. The molecule has 1 heterocycles. The molecule has 2 aromatic rings. The number of hydrogen-bond acceptors (Lipinski definition) is 3. The molecule has 2 aromatic carbocycles. The lowest BCUT2D eigenvalue weighted by atomic mass is 10.1. The van der Waals surface area contributed by atoms with Crippen molar-refractivity contribution in [3.63, 3.8) is 0 Å². The van der Waals surface area contributed by atoms with E-state index in [4.69, 9.17) is 4.74 Å². The van der Waals surface area contributed by atoms with Crippen LogP contribution in [0.5, 0.6) is 0 Å². The molecule has 152 valence electrons. The van der Waals surface area contributed by atoms with Crippen LogP contribution in [0.4, 0.5) is 5.69 Å². The Morgan fingerprint density at radius 1 is 1.18 bits per heavy atom. The number of benzene rings is 2. The van der Waals surface area contributed by atoms with E-state index in [-0.39, 0.29) is 30.1 Å². The van der Waals surface area contributed by atoms with Crippen molar-refractivity contribution in [1.29, 1.82) is 0 Å². The minimum absolute atomic E-state index is 0. The number of hydrogen-bond donors (Lipinski definition) is 2. The molecule has 0 radical (unpaired) electrons. The molecule has 1 saturated heterocycles.